The molecule has 9 heteroatoms. The molecule has 0 spiro atoms. The number of nitrogens with zero attached hydrogens (tertiary/aromatic N) is 1. The van der Waals surface area contributed by atoms with Gasteiger partial charge in [0.2, 0.25) is 0 Å². The predicted molar refractivity (Wildman–Crippen MR) is 69.6 cm³/mol. The highest BCUT2D eigenvalue weighted by Crippen LogP contribution is 2.09. The zero-order chi connectivity index (χ0) is 14.4. The van der Waals surface area contributed by atoms with Gasteiger partial charge >= 0.3 is 6.09 Å². The first kappa shape index (κ1) is 17.4. The second-order valence-corrected chi connectivity index (χ2v) is 6.93. The molecule has 0 aromatic carbocycles. The number of piperazine rings is 1. The second kappa shape index (κ2) is 7.13. The van der Waals surface area contributed by atoms with Crippen molar-refractivity contribution in [3.63, 3.8) is 0 Å². The van der Waals surface area contributed by atoms with Crippen LogP contribution in [0.5, 0.6) is 0 Å². The van der Waals surface area contributed by atoms with E-state index in [1.54, 1.807) is 4.90 Å². The van der Waals surface area contributed by atoms with E-state index >= 15 is 0 Å². The quantitative estimate of drug-likeness (QED) is 0.625. The van der Waals surface area contributed by atoms with Gasteiger partial charge in [-0.3, -0.25) is 0 Å². The van der Waals surface area contributed by atoms with Crippen molar-refractivity contribution in [2.24, 2.45) is 5.14 Å². The van der Waals surface area contributed by atoms with Gasteiger partial charge in [-0.2, -0.15) is 8.42 Å². The summed E-state index contributed by atoms with van der Waals surface area (Å²) < 4.78 is 23.6. The number of nitrogens with one attached hydrogen (secondary N) is 1. The van der Waals surface area contributed by atoms with E-state index in [1.165, 1.54) is 0 Å². The van der Waals surface area contributed by atoms with Crippen molar-refractivity contribution in [1.82, 2.24) is 10.2 Å². The monoisotopic (exact) mass is 301 g/mol. The Morgan fingerprint density at radius 1 is 1.33 bits per heavy atom. The lowest BCUT2D eigenvalue weighted by Gasteiger charge is -2.30. The maximum absolute atomic E-state index is 11.5. The summed E-state index contributed by atoms with van der Waals surface area (Å²) in [7, 11) is 0.586. The summed E-state index contributed by atoms with van der Waals surface area (Å²) in [6, 6.07) is 0. The Morgan fingerprint density at radius 3 is 2.06 bits per heavy atom. The average molecular weight is 302 g/mol. The van der Waals surface area contributed by atoms with Crippen LogP contribution in [-0.4, -0.2) is 51.2 Å². The molecule has 0 aromatic rings. The molecule has 0 atom stereocenters. The fraction of sp³-hybridized carbons (Fsp3) is 0.889. The molecule has 1 rings (SSSR count). The highest BCUT2D eigenvalue weighted by atomic mass is 35.7. The summed E-state index contributed by atoms with van der Waals surface area (Å²) in [6.07, 6.45) is -0.200. The molecular formula is C9H20ClN3O4S. The molecule has 0 radical (unpaired) electrons. The van der Waals surface area contributed by atoms with E-state index in [-0.39, 0.29) is 11.7 Å². The molecule has 3 N–H and O–H groups in total. The maximum atomic E-state index is 11.5. The van der Waals surface area contributed by atoms with Crippen molar-refractivity contribution in [1.29, 1.82) is 0 Å². The zero-order valence-corrected chi connectivity index (χ0v) is 12.3. The maximum Gasteiger partial charge on any atom is 0.410 e. The van der Waals surface area contributed by atoms with Gasteiger partial charge in [0.25, 0.3) is 9.24 Å². The van der Waals surface area contributed by atoms with E-state index < -0.39 is 9.24 Å². The van der Waals surface area contributed by atoms with Crippen molar-refractivity contribution in [2.75, 3.05) is 26.2 Å². The van der Waals surface area contributed by atoms with Crippen molar-refractivity contribution >= 4 is 26.0 Å². The Kier molecular flexibility index (Phi) is 6.90. The van der Waals surface area contributed by atoms with Crippen LogP contribution in [-0.2, 0) is 14.0 Å². The van der Waals surface area contributed by atoms with Gasteiger partial charge in [0.05, 0.1) is 0 Å². The molecule has 1 aliphatic rings. The van der Waals surface area contributed by atoms with E-state index in [1.807, 2.05) is 20.8 Å². The Bertz CT molecular complexity index is 352. The molecular weight excluding hydrogens is 282 g/mol. The van der Waals surface area contributed by atoms with E-state index in [4.69, 9.17) is 4.74 Å². The molecule has 0 aliphatic carbocycles. The first-order valence-electron chi connectivity index (χ1n) is 5.40. The van der Waals surface area contributed by atoms with Gasteiger partial charge in [-0.25, -0.2) is 9.93 Å². The minimum atomic E-state index is -3.69. The number of carbonyl (C=O) groups excluding carboxylic acids is 1. The smallest absolute Gasteiger partial charge is 0.410 e. The van der Waals surface area contributed by atoms with Crippen molar-refractivity contribution < 1.29 is 17.9 Å². The number of ether oxygens (including phenoxy) is 1. The Labute approximate surface area is 112 Å². The van der Waals surface area contributed by atoms with Crippen LogP contribution in [0.3, 0.4) is 0 Å². The molecule has 7 nitrogen and oxygen atoms in total. The van der Waals surface area contributed by atoms with Crippen molar-refractivity contribution in [3.05, 3.63) is 0 Å². The molecule has 1 heterocycles. The zero-order valence-electron chi connectivity index (χ0n) is 10.8. The molecule has 108 valence electrons. The van der Waals surface area contributed by atoms with Crippen LogP contribution in [0.1, 0.15) is 20.8 Å². The normalized spacial score (nSPS) is 16.6. The average Bonchev–Trinajstić information content (AvgIpc) is 2.14. The van der Waals surface area contributed by atoms with Crippen LogP contribution in [0.25, 0.3) is 0 Å². The lowest BCUT2D eigenvalue weighted by molar-refractivity contribution is 0.0229. The number of rotatable bonds is 0. The highest BCUT2D eigenvalue weighted by Gasteiger charge is 2.22. The lowest BCUT2D eigenvalue weighted by atomic mass is 10.2. The van der Waals surface area contributed by atoms with Gasteiger partial charge in [0.1, 0.15) is 5.60 Å². The first-order chi connectivity index (χ1) is 7.99. The van der Waals surface area contributed by atoms with E-state index in [9.17, 15) is 13.2 Å². The largest absolute Gasteiger partial charge is 0.444 e. The van der Waals surface area contributed by atoms with E-state index in [2.05, 4.69) is 21.1 Å². The predicted octanol–water partition coefficient (Wildman–Crippen LogP) is 0.255. The van der Waals surface area contributed by atoms with Gasteiger partial charge < -0.3 is 15.0 Å². The highest BCUT2D eigenvalue weighted by molar-refractivity contribution is 8.11. The van der Waals surface area contributed by atoms with Gasteiger partial charge in [0.15, 0.2) is 0 Å². The van der Waals surface area contributed by atoms with Gasteiger partial charge in [0, 0.05) is 36.9 Å². The van der Waals surface area contributed by atoms with E-state index in [0.717, 1.165) is 26.2 Å². The fourth-order valence-electron chi connectivity index (χ4n) is 1.17. The number of halogens is 1. The third-order valence-electron chi connectivity index (χ3n) is 1.77. The van der Waals surface area contributed by atoms with Crippen LogP contribution in [0.4, 0.5) is 4.79 Å². The molecule has 0 saturated carbocycles. The third kappa shape index (κ3) is 11.9. The van der Waals surface area contributed by atoms with Crippen LogP contribution in [0.15, 0.2) is 0 Å². The number of amides is 1. The van der Waals surface area contributed by atoms with Gasteiger partial charge in [-0.15, -0.1) is 0 Å². The molecule has 18 heavy (non-hydrogen) atoms. The summed E-state index contributed by atoms with van der Waals surface area (Å²) in [5.74, 6) is 0. The first-order valence-corrected chi connectivity index (χ1v) is 7.77. The molecule has 0 aromatic heterocycles. The Morgan fingerprint density at radius 2 is 1.72 bits per heavy atom. The van der Waals surface area contributed by atoms with Crippen molar-refractivity contribution in [3.8, 4) is 0 Å². The van der Waals surface area contributed by atoms with Crippen LogP contribution in [0, 0.1) is 0 Å². The molecule has 1 amide bonds. The molecule has 1 saturated heterocycles. The summed E-state index contributed by atoms with van der Waals surface area (Å²) in [6.45, 7) is 8.86. The molecule has 0 unspecified atom stereocenters. The summed E-state index contributed by atoms with van der Waals surface area (Å²) in [5.41, 5.74) is -0.387. The van der Waals surface area contributed by atoms with E-state index in [0.29, 0.717) is 0 Å². The number of hydrogen-bond acceptors (Lipinski definition) is 5. The lowest BCUT2D eigenvalue weighted by Crippen LogP contribution is -2.48. The topological polar surface area (TPSA) is 102 Å². The second-order valence-electron chi connectivity index (χ2n) is 4.69. The van der Waals surface area contributed by atoms with Crippen LogP contribution in [0.2, 0.25) is 0 Å². The van der Waals surface area contributed by atoms with Gasteiger partial charge in [-0.1, -0.05) is 0 Å². The number of nitrogens with two attached hydrogens (primary N) is 1. The third-order valence-corrected chi connectivity index (χ3v) is 1.77. The van der Waals surface area contributed by atoms with Crippen molar-refractivity contribution in [2.45, 2.75) is 26.4 Å². The summed E-state index contributed by atoms with van der Waals surface area (Å²) in [4.78, 5) is 13.2. The number of hydrogen-bond donors (Lipinski definition) is 2. The van der Waals surface area contributed by atoms with Gasteiger partial charge in [-0.05, 0) is 20.8 Å². The molecule has 0 bridgehead atoms. The Balaban J connectivity index is 0.000000494. The fourth-order valence-corrected chi connectivity index (χ4v) is 1.17. The summed E-state index contributed by atoms with van der Waals surface area (Å²) >= 11 is 0. The molecule has 1 fully saturated rings. The standard InChI is InChI=1S/C9H18N2O2.ClH2NO2S/c1-9(2,3)13-8(12)11-6-4-10-5-7-11;1-5(2,3)4/h10H,4-7H2,1-3H3;(H2,2,3,4). The van der Waals surface area contributed by atoms with Crippen LogP contribution >= 0.6 is 10.7 Å². The SMILES string of the molecule is CC(C)(C)OC(=O)N1CCNCC1.NS(=O)(=O)Cl. The molecule has 1 aliphatic heterocycles. The number of carbonyl (C=O) groups is 1. The minimum Gasteiger partial charge on any atom is -0.444 e. The minimum absolute atomic E-state index is 0.200. The summed E-state index contributed by atoms with van der Waals surface area (Å²) in [5, 5.41) is 7.27. The van der Waals surface area contributed by atoms with Crippen LogP contribution < -0.4 is 10.5 Å². The Hall–Kier alpha value is -0.570.